The number of hydrogen-bond acceptors (Lipinski definition) is 2. The number of aryl methyl sites for hydroxylation is 2. The molecule has 1 aromatic rings. The maximum absolute atomic E-state index is 3.40. The average molecular weight is 260 g/mol. The predicted octanol–water partition coefficient (Wildman–Crippen LogP) is 3.52. The van der Waals surface area contributed by atoms with Crippen molar-refractivity contribution in [3.63, 3.8) is 0 Å². The largest absolute Gasteiger partial charge is 0.374 e. The Morgan fingerprint density at radius 1 is 1.21 bits per heavy atom. The monoisotopic (exact) mass is 260 g/mol. The van der Waals surface area contributed by atoms with E-state index in [1.807, 2.05) is 0 Å². The Morgan fingerprint density at radius 2 is 1.89 bits per heavy atom. The molecule has 0 spiro atoms. The van der Waals surface area contributed by atoms with E-state index in [0.29, 0.717) is 5.41 Å². The van der Waals surface area contributed by atoms with Crippen LogP contribution in [-0.4, -0.2) is 27.2 Å². The Bertz CT molecular complexity index is 419. The van der Waals surface area contributed by atoms with Crippen molar-refractivity contribution in [2.24, 2.45) is 5.41 Å². The molecule has 0 amide bonds. The van der Waals surface area contributed by atoms with Gasteiger partial charge in [-0.05, 0) is 45.4 Å². The Kier molecular flexibility index (Phi) is 4.51. The minimum Gasteiger partial charge on any atom is -0.374 e. The van der Waals surface area contributed by atoms with Crippen LogP contribution in [-0.2, 0) is 0 Å². The molecule has 2 heteroatoms. The van der Waals surface area contributed by atoms with Gasteiger partial charge in [0, 0.05) is 31.2 Å². The lowest BCUT2D eigenvalue weighted by molar-refractivity contribution is 0.295. The zero-order chi connectivity index (χ0) is 13.9. The second kappa shape index (κ2) is 5.96. The first kappa shape index (κ1) is 14.4. The molecule has 1 aromatic carbocycles. The molecule has 0 atom stereocenters. The number of nitrogens with one attached hydrogen (secondary N) is 1. The molecule has 0 bridgehead atoms. The Hall–Kier alpha value is -1.02. The molecule has 0 saturated heterocycles. The molecular formula is C17H28N2. The van der Waals surface area contributed by atoms with E-state index in [1.54, 1.807) is 0 Å². The van der Waals surface area contributed by atoms with Crippen LogP contribution in [0, 0.1) is 19.3 Å². The van der Waals surface area contributed by atoms with Crippen LogP contribution in [0.1, 0.15) is 36.8 Å². The summed E-state index contributed by atoms with van der Waals surface area (Å²) < 4.78 is 0. The highest BCUT2D eigenvalue weighted by atomic mass is 15.1. The van der Waals surface area contributed by atoms with E-state index in [2.05, 4.69) is 56.4 Å². The van der Waals surface area contributed by atoms with Crippen LogP contribution < -0.4 is 10.2 Å². The van der Waals surface area contributed by atoms with Crippen LogP contribution in [0.15, 0.2) is 18.2 Å². The third kappa shape index (κ3) is 3.30. The van der Waals surface area contributed by atoms with Crippen molar-refractivity contribution in [3.8, 4) is 0 Å². The Labute approximate surface area is 118 Å². The highest BCUT2D eigenvalue weighted by Crippen LogP contribution is 2.39. The standard InChI is InChI=1S/C17H28N2/c1-14-7-8-16(15(2)11-14)19(4)13-17(12-18-3)9-5-6-10-17/h7-8,11,18H,5-6,9-10,12-13H2,1-4H3. The second-order valence-corrected chi connectivity index (χ2v) is 6.38. The highest BCUT2D eigenvalue weighted by Gasteiger charge is 2.34. The first-order valence-corrected chi connectivity index (χ1v) is 7.49. The molecule has 2 rings (SSSR count). The highest BCUT2D eigenvalue weighted by molar-refractivity contribution is 5.54. The number of nitrogens with zero attached hydrogens (tertiary/aromatic N) is 1. The summed E-state index contributed by atoms with van der Waals surface area (Å²) in [5, 5.41) is 3.40. The number of anilines is 1. The second-order valence-electron chi connectivity index (χ2n) is 6.38. The van der Waals surface area contributed by atoms with E-state index in [9.17, 15) is 0 Å². The van der Waals surface area contributed by atoms with Gasteiger partial charge in [0.05, 0.1) is 0 Å². The SMILES string of the molecule is CNCC1(CN(C)c2ccc(C)cc2C)CCCC1. The van der Waals surface area contributed by atoms with Crippen LogP contribution in [0.5, 0.6) is 0 Å². The zero-order valence-corrected chi connectivity index (χ0v) is 12.9. The van der Waals surface area contributed by atoms with Crippen molar-refractivity contribution in [1.82, 2.24) is 5.32 Å². The lowest BCUT2D eigenvalue weighted by Crippen LogP contribution is -2.40. The van der Waals surface area contributed by atoms with Gasteiger partial charge in [0.15, 0.2) is 0 Å². The summed E-state index contributed by atoms with van der Waals surface area (Å²) in [4.78, 5) is 2.46. The molecule has 1 N–H and O–H groups in total. The molecule has 0 heterocycles. The molecular weight excluding hydrogens is 232 g/mol. The predicted molar refractivity (Wildman–Crippen MR) is 84.0 cm³/mol. The van der Waals surface area contributed by atoms with E-state index in [-0.39, 0.29) is 0 Å². The average Bonchev–Trinajstić information content (AvgIpc) is 2.77. The fraction of sp³-hybridized carbons (Fsp3) is 0.647. The summed E-state index contributed by atoms with van der Waals surface area (Å²) in [5.41, 5.74) is 4.59. The maximum Gasteiger partial charge on any atom is 0.0393 e. The number of benzene rings is 1. The molecule has 0 unspecified atom stereocenters. The third-order valence-corrected chi connectivity index (χ3v) is 4.55. The summed E-state index contributed by atoms with van der Waals surface area (Å²) in [7, 11) is 4.32. The van der Waals surface area contributed by atoms with E-state index in [1.165, 1.54) is 42.5 Å². The van der Waals surface area contributed by atoms with Crippen molar-refractivity contribution in [3.05, 3.63) is 29.3 Å². The van der Waals surface area contributed by atoms with Crippen LogP contribution in [0.3, 0.4) is 0 Å². The fourth-order valence-corrected chi connectivity index (χ4v) is 3.71. The van der Waals surface area contributed by atoms with Gasteiger partial charge in [0.1, 0.15) is 0 Å². The normalized spacial score (nSPS) is 17.7. The molecule has 2 nitrogen and oxygen atoms in total. The summed E-state index contributed by atoms with van der Waals surface area (Å²) in [5.74, 6) is 0. The van der Waals surface area contributed by atoms with Crippen molar-refractivity contribution < 1.29 is 0 Å². The summed E-state index contributed by atoms with van der Waals surface area (Å²) in [6.07, 6.45) is 5.51. The van der Waals surface area contributed by atoms with E-state index in [4.69, 9.17) is 0 Å². The van der Waals surface area contributed by atoms with E-state index in [0.717, 1.165) is 13.1 Å². The molecule has 0 aromatic heterocycles. The molecule has 1 aliphatic rings. The van der Waals surface area contributed by atoms with Crippen LogP contribution in [0.2, 0.25) is 0 Å². The smallest absolute Gasteiger partial charge is 0.0393 e. The van der Waals surface area contributed by atoms with Gasteiger partial charge in [-0.25, -0.2) is 0 Å². The summed E-state index contributed by atoms with van der Waals surface area (Å²) in [6.45, 7) is 6.69. The number of hydrogen-bond donors (Lipinski definition) is 1. The van der Waals surface area contributed by atoms with Crippen molar-refractivity contribution in [2.75, 3.05) is 32.1 Å². The van der Waals surface area contributed by atoms with Gasteiger partial charge >= 0.3 is 0 Å². The van der Waals surface area contributed by atoms with Gasteiger partial charge in [-0.2, -0.15) is 0 Å². The first-order chi connectivity index (χ1) is 9.06. The molecule has 19 heavy (non-hydrogen) atoms. The quantitative estimate of drug-likeness (QED) is 0.871. The van der Waals surface area contributed by atoms with Crippen molar-refractivity contribution in [1.29, 1.82) is 0 Å². The van der Waals surface area contributed by atoms with Crippen molar-refractivity contribution >= 4 is 5.69 Å². The lowest BCUT2D eigenvalue weighted by atomic mass is 9.85. The Morgan fingerprint density at radius 3 is 2.47 bits per heavy atom. The molecule has 0 radical (unpaired) electrons. The minimum absolute atomic E-state index is 0.473. The van der Waals surface area contributed by atoms with Crippen molar-refractivity contribution in [2.45, 2.75) is 39.5 Å². The van der Waals surface area contributed by atoms with Crippen LogP contribution >= 0.6 is 0 Å². The van der Waals surface area contributed by atoms with Crippen LogP contribution in [0.4, 0.5) is 5.69 Å². The van der Waals surface area contributed by atoms with Gasteiger partial charge in [0.2, 0.25) is 0 Å². The summed E-state index contributed by atoms with van der Waals surface area (Å²) in [6, 6.07) is 6.77. The molecule has 1 aliphatic carbocycles. The minimum atomic E-state index is 0.473. The molecule has 0 aliphatic heterocycles. The molecule has 1 saturated carbocycles. The van der Waals surface area contributed by atoms with Gasteiger partial charge in [0.25, 0.3) is 0 Å². The van der Waals surface area contributed by atoms with Gasteiger partial charge in [-0.3, -0.25) is 0 Å². The summed E-state index contributed by atoms with van der Waals surface area (Å²) >= 11 is 0. The van der Waals surface area contributed by atoms with Crippen LogP contribution in [0.25, 0.3) is 0 Å². The Balaban J connectivity index is 2.12. The first-order valence-electron chi connectivity index (χ1n) is 7.49. The van der Waals surface area contributed by atoms with Gasteiger partial charge in [-0.15, -0.1) is 0 Å². The van der Waals surface area contributed by atoms with Gasteiger partial charge < -0.3 is 10.2 Å². The molecule has 106 valence electrons. The number of rotatable bonds is 5. The maximum atomic E-state index is 3.40. The lowest BCUT2D eigenvalue weighted by Gasteiger charge is -2.35. The topological polar surface area (TPSA) is 15.3 Å². The zero-order valence-electron chi connectivity index (χ0n) is 12.9. The van der Waals surface area contributed by atoms with E-state index >= 15 is 0 Å². The van der Waals surface area contributed by atoms with Gasteiger partial charge in [-0.1, -0.05) is 30.5 Å². The van der Waals surface area contributed by atoms with E-state index < -0.39 is 0 Å². The third-order valence-electron chi connectivity index (χ3n) is 4.55. The fourth-order valence-electron chi connectivity index (χ4n) is 3.71. The molecule has 1 fully saturated rings.